The highest BCUT2D eigenvalue weighted by atomic mass is 14.9. The Hall–Kier alpha value is -4.15. The van der Waals surface area contributed by atoms with Crippen LogP contribution in [-0.4, -0.2) is 0 Å². The summed E-state index contributed by atoms with van der Waals surface area (Å²) >= 11 is 0. The molecule has 158 valence electrons. The number of aromatic nitrogens is 1. The molecular formula is C32H26N+. The van der Waals surface area contributed by atoms with E-state index >= 15 is 0 Å². The Balaban J connectivity index is 1.60. The van der Waals surface area contributed by atoms with Crippen LogP contribution in [0.3, 0.4) is 0 Å². The van der Waals surface area contributed by atoms with Crippen molar-refractivity contribution in [2.75, 3.05) is 0 Å². The van der Waals surface area contributed by atoms with E-state index in [-0.39, 0.29) is 0 Å². The molecule has 1 heteroatoms. The number of benzene rings is 4. The zero-order valence-corrected chi connectivity index (χ0v) is 18.8. The number of fused-ring (bicyclic) bond motifs is 1. The predicted octanol–water partition coefficient (Wildman–Crippen LogP) is 7.35. The second kappa shape index (κ2) is 8.77. The Kier molecular flexibility index (Phi) is 4.63. The van der Waals surface area contributed by atoms with Gasteiger partial charge in [-0.3, -0.25) is 0 Å². The van der Waals surface area contributed by atoms with Crippen molar-refractivity contribution in [1.82, 2.24) is 0 Å². The lowest BCUT2D eigenvalue weighted by Crippen LogP contribution is -2.26. The maximum absolute atomic E-state index is 7.90. The van der Waals surface area contributed by atoms with Crippen LogP contribution in [0.25, 0.3) is 44.2 Å². The van der Waals surface area contributed by atoms with Crippen LogP contribution >= 0.6 is 0 Å². The highest BCUT2D eigenvalue weighted by molar-refractivity contribution is 5.95. The molecule has 33 heavy (non-hydrogen) atoms. The molecule has 0 unspecified atom stereocenters. The van der Waals surface area contributed by atoms with Crippen molar-refractivity contribution < 1.29 is 8.68 Å². The summed E-state index contributed by atoms with van der Waals surface area (Å²) in [7, 11) is 2.05. The number of rotatable bonds is 3. The third kappa shape index (κ3) is 4.29. The van der Waals surface area contributed by atoms with E-state index in [0.29, 0.717) is 11.1 Å². The summed E-state index contributed by atoms with van der Waals surface area (Å²) in [5, 5.41) is 2.41. The van der Waals surface area contributed by atoms with Crippen molar-refractivity contribution in [2.24, 2.45) is 7.05 Å². The van der Waals surface area contributed by atoms with Crippen LogP contribution in [0.2, 0.25) is 0 Å². The first kappa shape index (κ1) is 17.4. The van der Waals surface area contributed by atoms with Crippen molar-refractivity contribution in [3.05, 3.63) is 115 Å². The summed E-state index contributed by atoms with van der Waals surface area (Å²) in [6.45, 7) is -0.439. The van der Waals surface area contributed by atoms with Gasteiger partial charge in [0.25, 0.3) is 0 Å². The zero-order valence-electron chi connectivity index (χ0n) is 21.8. The van der Waals surface area contributed by atoms with E-state index in [0.717, 1.165) is 27.8 Å². The van der Waals surface area contributed by atoms with Crippen LogP contribution in [0.5, 0.6) is 0 Å². The van der Waals surface area contributed by atoms with E-state index in [1.54, 1.807) is 19.1 Å². The van der Waals surface area contributed by atoms with Crippen LogP contribution < -0.4 is 4.57 Å². The van der Waals surface area contributed by atoms with E-state index in [1.165, 1.54) is 16.3 Å². The number of aryl methyl sites for hydroxylation is 2. The minimum Gasteiger partial charge on any atom is -0.207 e. The van der Waals surface area contributed by atoms with Gasteiger partial charge in [-0.1, -0.05) is 66.6 Å². The lowest BCUT2D eigenvalue weighted by atomic mass is 9.94. The lowest BCUT2D eigenvalue weighted by Gasteiger charge is -2.10. The molecule has 1 heterocycles. The largest absolute Gasteiger partial charge is 0.207 e. The first-order valence-corrected chi connectivity index (χ1v) is 11.0. The predicted molar refractivity (Wildman–Crippen MR) is 139 cm³/mol. The molecule has 0 saturated heterocycles. The minimum absolute atomic E-state index is 0.300. The minimum atomic E-state index is -2.19. The molecule has 0 radical (unpaired) electrons. The van der Waals surface area contributed by atoms with Gasteiger partial charge in [-0.05, 0) is 77.5 Å². The van der Waals surface area contributed by atoms with Crippen molar-refractivity contribution in [3.63, 3.8) is 0 Å². The van der Waals surface area contributed by atoms with E-state index in [9.17, 15) is 0 Å². The Labute approximate surface area is 200 Å². The quantitative estimate of drug-likeness (QED) is 0.209. The summed E-state index contributed by atoms with van der Waals surface area (Å²) in [6.07, 6.45) is 4.30. The van der Waals surface area contributed by atoms with E-state index in [1.807, 2.05) is 25.2 Å². The second-order valence-corrected chi connectivity index (χ2v) is 8.26. The molecule has 4 aromatic carbocycles. The van der Waals surface area contributed by atoms with Crippen molar-refractivity contribution >= 4 is 10.8 Å². The van der Waals surface area contributed by atoms with Crippen molar-refractivity contribution in [3.8, 4) is 45.2 Å². The molecule has 1 aromatic heterocycles. The van der Waals surface area contributed by atoms with Gasteiger partial charge in [-0.15, -0.1) is 5.92 Å². The molecule has 0 spiro atoms. The molecule has 0 atom stereocenters. The Morgan fingerprint density at radius 3 is 2.15 bits per heavy atom. The highest BCUT2D eigenvalue weighted by Gasteiger charge is 2.11. The van der Waals surface area contributed by atoms with Gasteiger partial charge < -0.3 is 0 Å². The van der Waals surface area contributed by atoms with E-state index < -0.39 is 6.85 Å². The SMILES string of the molecule is [2H]C([2H])([2H])c1cc(C#CC)cc(-c2cccc(-c3cccc(-c4c[n+](C)cc5ccccc45)c3)c2)c1. The summed E-state index contributed by atoms with van der Waals surface area (Å²) in [6, 6.07) is 30.6. The standard InChI is InChI=1S/C32H26N/c1-4-9-24-16-23(2)17-30(18-24)27-13-7-11-25(19-27)26-12-8-14-28(20-26)32-22-33(3)21-29-10-5-6-15-31(29)32/h5-8,10-22H,1-3H3/q+1/i2D3. The van der Waals surface area contributed by atoms with Crippen molar-refractivity contribution in [2.45, 2.75) is 13.8 Å². The van der Waals surface area contributed by atoms with Crippen LogP contribution in [0.4, 0.5) is 0 Å². The number of hydrogen-bond donors (Lipinski definition) is 0. The molecule has 0 aliphatic carbocycles. The summed E-state index contributed by atoms with van der Waals surface area (Å²) in [4.78, 5) is 0. The fourth-order valence-electron chi connectivity index (χ4n) is 4.37. The highest BCUT2D eigenvalue weighted by Crippen LogP contribution is 2.32. The van der Waals surface area contributed by atoms with Gasteiger partial charge in [0.2, 0.25) is 0 Å². The third-order valence-corrected chi connectivity index (χ3v) is 5.83. The average molecular weight is 428 g/mol. The lowest BCUT2D eigenvalue weighted by molar-refractivity contribution is -0.669. The molecular weight excluding hydrogens is 398 g/mol. The first-order valence-electron chi connectivity index (χ1n) is 12.5. The molecule has 0 amide bonds. The Morgan fingerprint density at radius 2 is 1.39 bits per heavy atom. The van der Waals surface area contributed by atoms with E-state index in [4.69, 9.17) is 4.11 Å². The van der Waals surface area contributed by atoms with Gasteiger partial charge in [0.1, 0.15) is 7.05 Å². The average Bonchev–Trinajstić information content (AvgIpc) is 2.88. The molecule has 5 rings (SSSR count). The fourth-order valence-corrected chi connectivity index (χ4v) is 4.37. The maximum atomic E-state index is 7.90. The van der Waals surface area contributed by atoms with Crippen molar-refractivity contribution in [1.29, 1.82) is 0 Å². The summed E-state index contributed by atoms with van der Waals surface area (Å²) < 4.78 is 25.8. The van der Waals surface area contributed by atoms with Crippen LogP contribution in [0.1, 0.15) is 22.2 Å². The zero-order chi connectivity index (χ0) is 25.3. The molecule has 0 aliphatic heterocycles. The molecule has 0 N–H and O–H groups in total. The van der Waals surface area contributed by atoms with Gasteiger partial charge in [0.05, 0.1) is 5.56 Å². The van der Waals surface area contributed by atoms with Crippen LogP contribution in [0, 0.1) is 18.7 Å². The number of hydrogen-bond acceptors (Lipinski definition) is 0. The van der Waals surface area contributed by atoms with Gasteiger partial charge in [0.15, 0.2) is 12.4 Å². The monoisotopic (exact) mass is 427 g/mol. The third-order valence-electron chi connectivity index (χ3n) is 5.83. The van der Waals surface area contributed by atoms with Crippen LogP contribution in [0.15, 0.2) is 103 Å². The molecule has 0 bridgehead atoms. The van der Waals surface area contributed by atoms with Gasteiger partial charge in [-0.25, -0.2) is 4.57 Å². The molecule has 5 aromatic rings. The van der Waals surface area contributed by atoms with Gasteiger partial charge >= 0.3 is 0 Å². The van der Waals surface area contributed by atoms with Crippen LogP contribution in [-0.2, 0) is 7.05 Å². The number of pyridine rings is 1. The smallest absolute Gasteiger partial charge is 0.177 e. The van der Waals surface area contributed by atoms with Gasteiger partial charge in [-0.2, -0.15) is 0 Å². The van der Waals surface area contributed by atoms with Gasteiger partial charge in [0, 0.05) is 20.4 Å². The normalized spacial score (nSPS) is 12.4. The molecule has 0 saturated carbocycles. The Morgan fingerprint density at radius 1 is 0.697 bits per heavy atom. The number of nitrogens with zero attached hydrogens (tertiary/aromatic N) is 1. The molecule has 0 fully saturated rings. The Bertz CT molecular complexity index is 1650. The molecule has 1 nitrogen and oxygen atoms in total. The second-order valence-electron chi connectivity index (χ2n) is 8.26. The fraction of sp³-hybridized carbons (Fsp3) is 0.0938. The topological polar surface area (TPSA) is 3.88 Å². The first-order chi connectivity index (χ1) is 17.3. The molecule has 0 aliphatic rings. The van der Waals surface area contributed by atoms with E-state index in [2.05, 4.69) is 89.5 Å². The summed E-state index contributed by atoms with van der Waals surface area (Å²) in [5.74, 6) is 5.90. The summed E-state index contributed by atoms with van der Waals surface area (Å²) in [5.41, 5.74) is 7.32. The maximum Gasteiger partial charge on any atom is 0.177 e.